The molecule has 154 valence electrons. The molecule has 0 saturated carbocycles. The molecule has 1 aliphatic rings. The lowest BCUT2D eigenvalue weighted by atomic mass is 10.1. The minimum absolute atomic E-state index is 0.200. The van der Waals surface area contributed by atoms with Gasteiger partial charge in [-0.25, -0.2) is 9.78 Å². The van der Waals surface area contributed by atoms with Crippen molar-refractivity contribution in [1.82, 2.24) is 4.98 Å². The second kappa shape index (κ2) is 8.53. The van der Waals surface area contributed by atoms with Crippen LogP contribution in [0.2, 0.25) is 0 Å². The first-order valence-corrected chi connectivity index (χ1v) is 10.3. The summed E-state index contributed by atoms with van der Waals surface area (Å²) >= 11 is 0. The van der Waals surface area contributed by atoms with Gasteiger partial charge in [0.1, 0.15) is 5.82 Å². The molecule has 0 aliphatic carbocycles. The molecular formula is C24H25N3O3. The van der Waals surface area contributed by atoms with Crippen LogP contribution >= 0.6 is 0 Å². The second-order valence-electron chi connectivity index (χ2n) is 7.74. The molecule has 3 aromatic rings. The molecule has 1 saturated heterocycles. The third-order valence-electron chi connectivity index (χ3n) is 5.60. The van der Waals surface area contributed by atoms with Crippen molar-refractivity contribution in [2.75, 3.05) is 23.3 Å². The van der Waals surface area contributed by atoms with Crippen molar-refractivity contribution in [1.29, 1.82) is 0 Å². The van der Waals surface area contributed by atoms with Gasteiger partial charge < -0.3 is 15.3 Å². The van der Waals surface area contributed by atoms with Crippen LogP contribution in [0.1, 0.15) is 52.0 Å². The van der Waals surface area contributed by atoms with Crippen molar-refractivity contribution < 1.29 is 14.7 Å². The number of fused-ring (bicyclic) bond motifs is 1. The summed E-state index contributed by atoms with van der Waals surface area (Å²) in [6, 6.07) is 14.2. The van der Waals surface area contributed by atoms with Crippen LogP contribution in [-0.4, -0.2) is 35.1 Å². The summed E-state index contributed by atoms with van der Waals surface area (Å²) in [4.78, 5) is 31.5. The molecular weight excluding hydrogens is 378 g/mol. The van der Waals surface area contributed by atoms with E-state index in [4.69, 9.17) is 4.98 Å². The Morgan fingerprint density at radius 3 is 2.40 bits per heavy atom. The number of nitrogens with zero attached hydrogens (tertiary/aromatic N) is 2. The highest BCUT2D eigenvalue weighted by Crippen LogP contribution is 2.27. The number of aryl methyl sites for hydroxylation is 1. The number of benzene rings is 2. The quantitative estimate of drug-likeness (QED) is 0.649. The standard InChI is InChI=1S/C24H25N3O3/c1-16-8-4-5-9-18(16)23(28)25-17-10-11-21-19(14-17)20(24(29)30)15-22(26-21)27-12-6-2-3-7-13-27/h4-5,8-11,14-15H,2-3,6-7,12-13H2,1H3,(H,25,28)(H,29,30). The number of hydrogen-bond acceptors (Lipinski definition) is 4. The summed E-state index contributed by atoms with van der Waals surface area (Å²) in [5.41, 5.74) is 2.83. The molecule has 4 rings (SSSR count). The zero-order valence-corrected chi connectivity index (χ0v) is 17.0. The normalized spacial score (nSPS) is 14.4. The first-order valence-electron chi connectivity index (χ1n) is 10.3. The molecule has 6 nitrogen and oxygen atoms in total. The molecule has 1 aliphatic heterocycles. The summed E-state index contributed by atoms with van der Waals surface area (Å²) in [6.45, 7) is 3.66. The average Bonchev–Trinajstić information content (AvgIpc) is 3.02. The molecule has 2 aromatic carbocycles. The number of hydrogen-bond donors (Lipinski definition) is 2. The Morgan fingerprint density at radius 1 is 0.967 bits per heavy atom. The maximum Gasteiger partial charge on any atom is 0.336 e. The average molecular weight is 403 g/mol. The van der Waals surface area contributed by atoms with Gasteiger partial charge in [-0.15, -0.1) is 0 Å². The molecule has 2 heterocycles. The summed E-state index contributed by atoms with van der Waals surface area (Å²) in [5, 5.41) is 13.2. The number of aromatic carboxylic acids is 1. The van der Waals surface area contributed by atoms with Gasteiger partial charge in [0, 0.05) is 29.7 Å². The zero-order valence-electron chi connectivity index (χ0n) is 17.0. The van der Waals surface area contributed by atoms with Gasteiger partial charge in [-0.1, -0.05) is 31.0 Å². The molecule has 0 bridgehead atoms. The van der Waals surface area contributed by atoms with Gasteiger partial charge in [0.25, 0.3) is 5.91 Å². The number of anilines is 2. The second-order valence-corrected chi connectivity index (χ2v) is 7.74. The van der Waals surface area contributed by atoms with Crippen molar-refractivity contribution >= 4 is 34.3 Å². The Balaban J connectivity index is 1.69. The number of nitrogens with one attached hydrogen (secondary N) is 1. The molecule has 30 heavy (non-hydrogen) atoms. The number of rotatable bonds is 4. The molecule has 6 heteroatoms. The molecule has 0 radical (unpaired) electrons. The fraction of sp³-hybridized carbons (Fsp3) is 0.292. The number of aromatic nitrogens is 1. The highest BCUT2D eigenvalue weighted by Gasteiger charge is 2.18. The number of pyridine rings is 1. The van der Waals surface area contributed by atoms with Gasteiger partial charge in [0.05, 0.1) is 11.1 Å². The lowest BCUT2D eigenvalue weighted by Gasteiger charge is -2.22. The first kappa shape index (κ1) is 19.9. The topological polar surface area (TPSA) is 82.5 Å². The molecule has 0 spiro atoms. The van der Waals surface area contributed by atoms with Crippen LogP contribution in [0, 0.1) is 6.92 Å². The smallest absolute Gasteiger partial charge is 0.336 e. The zero-order chi connectivity index (χ0) is 21.1. The molecule has 2 N–H and O–H groups in total. The number of amides is 1. The van der Waals surface area contributed by atoms with Crippen molar-refractivity contribution in [3.8, 4) is 0 Å². The fourth-order valence-electron chi connectivity index (χ4n) is 3.95. The van der Waals surface area contributed by atoms with Crippen molar-refractivity contribution in [3.63, 3.8) is 0 Å². The lowest BCUT2D eigenvalue weighted by molar-refractivity contribution is 0.0698. The Morgan fingerprint density at radius 2 is 1.70 bits per heavy atom. The number of carbonyl (C=O) groups excluding carboxylic acids is 1. The number of carboxylic acid groups (broad SMARTS) is 1. The highest BCUT2D eigenvalue weighted by atomic mass is 16.4. The van der Waals surface area contributed by atoms with E-state index in [0.717, 1.165) is 31.5 Å². The minimum atomic E-state index is -0.999. The van der Waals surface area contributed by atoms with Gasteiger partial charge in [-0.05, 0) is 55.7 Å². The molecule has 0 unspecified atom stereocenters. The van der Waals surface area contributed by atoms with Crippen LogP contribution in [0.3, 0.4) is 0 Å². The molecule has 1 fully saturated rings. The molecule has 1 aromatic heterocycles. The van der Waals surface area contributed by atoms with E-state index in [0.29, 0.717) is 28.0 Å². The van der Waals surface area contributed by atoms with Gasteiger partial charge in [0.2, 0.25) is 0 Å². The Hall–Kier alpha value is -3.41. The Kier molecular flexibility index (Phi) is 5.65. The maximum atomic E-state index is 12.6. The van der Waals surface area contributed by atoms with Crippen LogP contribution in [0.4, 0.5) is 11.5 Å². The SMILES string of the molecule is Cc1ccccc1C(=O)Nc1ccc2nc(N3CCCCCC3)cc(C(=O)O)c2c1. The summed E-state index contributed by atoms with van der Waals surface area (Å²) in [7, 11) is 0. The minimum Gasteiger partial charge on any atom is -0.478 e. The number of carbonyl (C=O) groups is 2. The highest BCUT2D eigenvalue weighted by molar-refractivity contribution is 6.08. The van der Waals surface area contributed by atoms with Gasteiger partial charge in [0.15, 0.2) is 0 Å². The van der Waals surface area contributed by atoms with Gasteiger partial charge in [-0.3, -0.25) is 4.79 Å². The lowest BCUT2D eigenvalue weighted by Crippen LogP contribution is -2.25. The predicted molar refractivity (Wildman–Crippen MR) is 119 cm³/mol. The van der Waals surface area contributed by atoms with Gasteiger partial charge >= 0.3 is 5.97 Å². The van der Waals surface area contributed by atoms with Crippen LogP contribution in [0.15, 0.2) is 48.5 Å². The maximum absolute atomic E-state index is 12.6. The largest absolute Gasteiger partial charge is 0.478 e. The van der Waals surface area contributed by atoms with Crippen molar-refractivity contribution in [2.24, 2.45) is 0 Å². The van der Waals surface area contributed by atoms with Crippen LogP contribution in [0.5, 0.6) is 0 Å². The van der Waals surface area contributed by atoms with Crippen molar-refractivity contribution in [2.45, 2.75) is 32.6 Å². The summed E-state index contributed by atoms with van der Waals surface area (Å²) in [6.07, 6.45) is 4.57. The Labute approximate surface area is 175 Å². The van der Waals surface area contributed by atoms with Crippen LogP contribution in [0.25, 0.3) is 10.9 Å². The monoisotopic (exact) mass is 403 g/mol. The molecule has 0 atom stereocenters. The third-order valence-corrected chi connectivity index (χ3v) is 5.60. The van der Waals surface area contributed by atoms with E-state index in [-0.39, 0.29) is 11.5 Å². The van der Waals surface area contributed by atoms with E-state index in [1.54, 1.807) is 30.3 Å². The fourth-order valence-corrected chi connectivity index (χ4v) is 3.95. The summed E-state index contributed by atoms with van der Waals surface area (Å²) in [5.74, 6) is -0.516. The number of carboxylic acids is 1. The van der Waals surface area contributed by atoms with E-state index in [2.05, 4.69) is 10.2 Å². The predicted octanol–water partition coefficient (Wildman–Crippen LogP) is 4.87. The first-order chi connectivity index (χ1) is 14.5. The Bertz CT molecular complexity index is 1100. The van der Waals surface area contributed by atoms with Gasteiger partial charge in [-0.2, -0.15) is 0 Å². The van der Waals surface area contributed by atoms with Crippen molar-refractivity contribution in [3.05, 3.63) is 65.2 Å². The van der Waals surface area contributed by atoms with E-state index < -0.39 is 5.97 Å². The van der Waals surface area contributed by atoms with E-state index in [1.807, 2.05) is 25.1 Å². The molecule has 1 amide bonds. The van der Waals surface area contributed by atoms with E-state index in [1.165, 1.54) is 12.8 Å². The van der Waals surface area contributed by atoms with Crippen LogP contribution < -0.4 is 10.2 Å². The third kappa shape index (κ3) is 4.13. The van der Waals surface area contributed by atoms with E-state index >= 15 is 0 Å². The summed E-state index contributed by atoms with van der Waals surface area (Å²) < 4.78 is 0. The van der Waals surface area contributed by atoms with E-state index in [9.17, 15) is 14.7 Å². The van der Waals surface area contributed by atoms with Crippen LogP contribution in [-0.2, 0) is 0 Å².